The Morgan fingerprint density at radius 1 is 0.970 bits per heavy atom. The number of carbonyl (C=O) groups excluding carboxylic acids is 2. The first-order chi connectivity index (χ1) is 15.9. The molecule has 4 rings (SSSR count). The Bertz CT molecular complexity index is 1150. The Morgan fingerprint density at radius 3 is 2.27 bits per heavy atom. The predicted octanol–water partition coefficient (Wildman–Crippen LogP) is 4.44. The zero-order valence-corrected chi connectivity index (χ0v) is 18.4. The Hall–Kier alpha value is -4.07. The third-order valence-electron chi connectivity index (χ3n) is 5.26. The highest BCUT2D eigenvalue weighted by Gasteiger charge is 2.22. The lowest BCUT2D eigenvalue weighted by molar-refractivity contribution is -0.0732. The van der Waals surface area contributed by atoms with Crippen LogP contribution < -0.4 is 15.0 Å². The number of rotatable bonds is 6. The minimum atomic E-state index is -0.490. The summed E-state index contributed by atoms with van der Waals surface area (Å²) in [5.41, 5.74) is 3.27. The molecular formula is C25H24FN3O4. The second-order valence-corrected chi connectivity index (χ2v) is 7.51. The zero-order valence-electron chi connectivity index (χ0n) is 18.4. The van der Waals surface area contributed by atoms with E-state index in [4.69, 9.17) is 9.68 Å². The van der Waals surface area contributed by atoms with Crippen molar-refractivity contribution in [2.75, 3.05) is 20.1 Å². The largest absolute Gasteiger partial charge is 0.385 e. The van der Waals surface area contributed by atoms with E-state index in [1.54, 1.807) is 49.4 Å². The molecule has 0 saturated carbocycles. The summed E-state index contributed by atoms with van der Waals surface area (Å²) in [4.78, 5) is 36.2. The molecule has 0 aliphatic carbocycles. The number of nitrogens with zero attached hydrogens (tertiary/aromatic N) is 2. The molecule has 8 heteroatoms. The van der Waals surface area contributed by atoms with Crippen molar-refractivity contribution in [3.8, 4) is 22.6 Å². The predicted molar refractivity (Wildman–Crippen MR) is 121 cm³/mol. The van der Waals surface area contributed by atoms with E-state index < -0.39 is 6.03 Å². The Balaban J connectivity index is 1.40. The molecule has 0 bridgehead atoms. The van der Waals surface area contributed by atoms with Crippen molar-refractivity contribution in [2.45, 2.75) is 13.3 Å². The molecular weight excluding hydrogens is 425 g/mol. The average molecular weight is 449 g/mol. The van der Waals surface area contributed by atoms with Crippen LogP contribution in [0.3, 0.4) is 0 Å². The lowest BCUT2D eigenvalue weighted by Crippen LogP contribution is -2.44. The van der Waals surface area contributed by atoms with Gasteiger partial charge < -0.3 is 15.0 Å². The molecule has 33 heavy (non-hydrogen) atoms. The summed E-state index contributed by atoms with van der Waals surface area (Å²) in [5, 5.41) is 5.06. The van der Waals surface area contributed by atoms with Gasteiger partial charge in [-0.25, -0.2) is 9.18 Å². The van der Waals surface area contributed by atoms with Gasteiger partial charge in [-0.3, -0.25) is 4.79 Å². The lowest BCUT2D eigenvalue weighted by atomic mass is 10.0. The van der Waals surface area contributed by atoms with Crippen LogP contribution in [0.5, 0.6) is 11.5 Å². The molecule has 0 unspecified atom stereocenters. The van der Waals surface area contributed by atoms with Crippen LogP contribution in [0.25, 0.3) is 11.1 Å². The van der Waals surface area contributed by atoms with Gasteiger partial charge in [0.25, 0.3) is 5.91 Å². The molecule has 1 N–H and O–H groups in total. The van der Waals surface area contributed by atoms with Crippen LogP contribution in [-0.2, 0) is 6.42 Å². The summed E-state index contributed by atoms with van der Waals surface area (Å²) in [6, 6.07) is 18.0. The third-order valence-corrected chi connectivity index (χ3v) is 5.26. The second kappa shape index (κ2) is 9.60. The number of hydrogen-bond donors (Lipinski definition) is 1. The smallest absolute Gasteiger partial charge is 0.376 e. The number of benzene rings is 3. The topological polar surface area (TPSA) is 71.1 Å². The van der Waals surface area contributed by atoms with E-state index in [-0.39, 0.29) is 18.3 Å². The molecule has 0 fully saturated rings. The molecule has 0 radical (unpaired) electrons. The Kier molecular flexibility index (Phi) is 6.44. The fraction of sp³-hybridized carbons (Fsp3) is 0.200. The van der Waals surface area contributed by atoms with E-state index in [1.165, 1.54) is 24.2 Å². The fourth-order valence-electron chi connectivity index (χ4n) is 3.53. The molecule has 0 spiro atoms. The van der Waals surface area contributed by atoms with Gasteiger partial charge in [0.2, 0.25) is 0 Å². The minimum Gasteiger partial charge on any atom is -0.376 e. The first kappa shape index (κ1) is 22.1. The van der Waals surface area contributed by atoms with Gasteiger partial charge in [0.1, 0.15) is 5.82 Å². The van der Waals surface area contributed by atoms with Crippen molar-refractivity contribution >= 4 is 11.9 Å². The normalized spacial score (nSPS) is 12.4. The highest BCUT2D eigenvalue weighted by atomic mass is 19.1. The van der Waals surface area contributed by atoms with E-state index in [1.807, 2.05) is 12.1 Å². The summed E-state index contributed by atoms with van der Waals surface area (Å²) < 4.78 is 13.1. The highest BCUT2D eigenvalue weighted by molar-refractivity contribution is 5.96. The van der Waals surface area contributed by atoms with Crippen LogP contribution >= 0.6 is 0 Å². The average Bonchev–Trinajstić information content (AvgIpc) is 2.83. The van der Waals surface area contributed by atoms with Gasteiger partial charge >= 0.3 is 6.03 Å². The summed E-state index contributed by atoms with van der Waals surface area (Å²) in [6.45, 7) is 2.65. The summed E-state index contributed by atoms with van der Waals surface area (Å²) in [6.07, 6.45) is 0.702. The number of halogens is 1. The number of urea groups is 1. The van der Waals surface area contributed by atoms with Gasteiger partial charge in [0.05, 0.1) is 13.6 Å². The highest BCUT2D eigenvalue weighted by Crippen LogP contribution is 2.24. The maximum Gasteiger partial charge on any atom is 0.385 e. The maximum atomic E-state index is 13.1. The molecule has 1 aliphatic heterocycles. The van der Waals surface area contributed by atoms with Crippen molar-refractivity contribution in [1.29, 1.82) is 0 Å². The molecule has 7 nitrogen and oxygen atoms in total. The van der Waals surface area contributed by atoms with Crippen molar-refractivity contribution in [3.63, 3.8) is 0 Å². The Morgan fingerprint density at radius 2 is 1.61 bits per heavy atom. The van der Waals surface area contributed by atoms with Crippen LogP contribution in [0.4, 0.5) is 9.18 Å². The zero-order chi connectivity index (χ0) is 23.4. The first-order valence-corrected chi connectivity index (χ1v) is 10.6. The van der Waals surface area contributed by atoms with Gasteiger partial charge in [-0.1, -0.05) is 24.3 Å². The van der Waals surface area contributed by atoms with Crippen molar-refractivity contribution < 1.29 is 23.7 Å². The van der Waals surface area contributed by atoms with Gasteiger partial charge in [-0.2, -0.15) is 10.1 Å². The van der Waals surface area contributed by atoms with E-state index in [0.29, 0.717) is 30.0 Å². The van der Waals surface area contributed by atoms with Crippen LogP contribution in [0, 0.1) is 5.82 Å². The molecule has 0 aromatic heterocycles. The van der Waals surface area contributed by atoms with Crippen molar-refractivity contribution in [2.24, 2.45) is 0 Å². The number of amides is 3. The van der Waals surface area contributed by atoms with E-state index >= 15 is 0 Å². The molecule has 3 amide bonds. The van der Waals surface area contributed by atoms with Gasteiger partial charge in [0.15, 0.2) is 11.5 Å². The summed E-state index contributed by atoms with van der Waals surface area (Å²) in [7, 11) is 1.50. The van der Waals surface area contributed by atoms with Crippen molar-refractivity contribution in [3.05, 3.63) is 83.7 Å². The lowest BCUT2D eigenvalue weighted by Gasteiger charge is -2.26. The molecule has 1 heterocycles. The number of hydroxylamine groups is 4. The number of carbonyl (C=O) groups is 2. The van der Waals surface area contributed by atoms with E-state index in [0.717, 1.165) is 21.8 Å². The van der Waals surface area contributed by atoms with Gasteiger partial charge in [-0.15, -0.1) is 0 Å². The van der Waals surface area contributed by atoms with Crippen LogP contribution in [0.2, 0.25) is 0 Å². The standard InChI is InChI=1S/C25H24FN3O4/c1-3-29(33-21-10-6-18(7-11-21)17-4-8-20(26)9-5-17)25(31)28(2)32-22-12-13-23-19(16-22)14-15-27-24(23)30/h4-13,16H,3,14-15H2,1-2H3,(H,27,30). The maximum absolute atomic E-state index is 13.1. The quantitative estimate of drug-likeness (QED) is 0.565. The molecule has 1 aliphatic rings. The SMILES string of the molecule is CCN(Oc1ccc(-c2ccc(F)cc2)cc1)C(=O)N(C)Oc1ccc2c(c1)CCNC2=O. The fourth-order valence-corrected chi connectivity index (χ4v) is 3.53. The molecule has 170 valence electrons. The number of fused-ring (bicyclic) bond motifs is 1. The minimum absolute atomic E-state index is 0.108. The molecule has 3 aromatic rings. The Labute approximate surface area is 191 Å². The van der Waals surface area contributed by atoms with Crippen LogP contribution in [-0.4, -0.2) is 42.2 Å². The summed E-state index contributed by atoms with van der Waals surface area (Å²) >= 11 is 0. The first-order valence-electron chi connectivity index (χ1n) is 10.6. The number of nitrogens with one attached hydrogen (secondary N) is 1. The molecule has 0 saturated heterocycles. The number of hydrogen-bond acceptors (Lipinski definition) is 4. The van der Waals surface area contributed by atoms with Gasteiger partial charge in [0, 0.05) is 12.1 Å². The van der Waals surface area contributed by atoms with E-state index in [9.17, 15) is 14.0 Å². The summed E-state index contributed by atoms with van der Waals surface area (Å²) in [5.74, 6) is 0.537. The van der Waals surface area contributed by atoms with Crippen LogP contribution in [0.1, 0.15) is 22.8 Å². The van der Waals surface area contributed by atoms with Crippen LogP contribution in [0.15, 0.2) is 66.7 Å². The third kappa shape index (κ3) is 5.06. The molecule has 3 aromatic carbocycles. The van der Waals surface area contributed by atoms with Gasteiger partial charge in [-0.05, 0) is 72.5 Å². The second-order valence-electron chi connectivity index (χ2n) is 7.51. The van der Waals surface area contributed by atoms with Crippen molar-refractivity contribution in [1.82, 2.24) is 15.4 Å². The molecule has 0 atom stereocenters. The van der Waals surface area contributed by atoms with E-state index in [2.05, 4.69) is 5.32 Å². The monoisotopic (exact) mass is 449 g/mol.